The van der Waals surface area contributed by atoms with Crippen molar-refractivity contribution < 1.29 is 19.0 Å². The highest BCUT2D eigenvalue weighted by Crippen LogP contribution is 2.34. The van der Waals surface area contributed by atoms with Gasteiger partial charge in [0.1, 0.15) is 30.0 Å². The first-order chi connectivity index (χ1) is 20.4. The number of hydrogen-bond acceptors (Lipinski definition) is 9. The second-order valence-electron chi connectivity index (χ2n) is 11.4. The topological polar surface area (TPSA) is 104 Å². The zero-order valence-corrected chi connectivity index (χ0v) is 25.1. The highest BCUT2D eigenvalue weighted by molar-refractivity contribution is 5.87. The number of carbonyl (C=O) groups is 1. The number of methoxy groups -OCH3 is 1. The predicted octanol–water partition coefficient (Wildman–Crippen LogP) is 3.57. The molecule has 1 aromatic heterocycles. The third-order valence-corrected chi connectivity index (χ3v) is 8.77. The van der Waals surface area contributed by atoms with E-state index in [1.165, 1.54) is 11.6 Å². The maximum Gasteiger partial charge on any atom is 0.318 e. The highest BCUT2D eigenvalue weighted by Gasteiger charge is 2.33. The molecule has 0 saturated carbocycles. The molecule has 4 heterocycles. The van der Waals surface area contributed by atoms with Crippen LogP contribution in [0.4, 0.5) is 5.82 Å². The first-order valence-corrected chi connectivity index (χ1v) is 15.0. The zero-order chi connectivity index (χ0) is 29.6. The summed E-state index contributed by atoms with van der Waals surface area (Å²) in [4.78, 5) is 28.7. The maximum atomic E-state index is 12.5. The summed E-state index contributed by atoms with van der Waals surface area (Å²) in [6, 6.07) is 8.72. The Bertz CT molecular complexity index is 1330. The van der Waals surface area contributed by atoms with E-state index in [2.05, 4.69) is 42.5 Å². The van der Waals surface area contributed by atoms with E-state index in [9.17, 15) is 10.1 Å². The van der Waals surface area contributed by atoms with Gasteiger partial charge in [0.25, 0.3) is 0 Å². The van der Waals surface area contributed by atoms with Crippen molar-refractivity contribution >= 4 is 11.7 Å². The Labute approximate surface area is 248 Å². The molecule has 10 nitrogen and oxygen atoms in total. The number of nitrogens with zero attached hydrogens (tertiary/aromatic N) is 6. The molecule has 1 amide bonds. The summed E-state index contributed by atoms with van der Waals surface area (Å²) in [6.07, 6.45) is 6.96. The molecule has 0 bridgehead atoms. The predicted molar refractivity (Wildman–Crippen MR) is 160 cm³/mol. The smallest absolute Gasteiger partial charge is 0.318 e. The van der Waals surface area contributed by atoms with Gasteiger partial charge in [0, 0.05) is 43.7 Å². The standard InChI is InChI=1S/C32H42N6O4/c1-5-27-28(18-26-12-10-22-9-11-25(40-4)19-29(22)42-26)34-32(41-21-24-8-7-15-36(24)3)35-31(27)37-16-17-38(30(39)6-2)23(20-37)13-14-33/h6,9,11,19,23-24,26H,2,5,7-8,10,12-13,15-18,20-21H2,1,3-4H3/t23?,24?,26-/m1/s1. The van der Waals surface area contributed by atoms with Crippen LogP contribution in [-0.2, 0) is 24.1 Å². The molecule has 224 valence electrons. The van der Waals surface area contributed by atoms with Crippen LogP contribution in [0.2, 0.25) is 0 Å². The average molecular weight is 575 g/mol. The Hall–Kier alpha value is -3.84. The summed E-state index contributed by atoms with van der Waals surface area (Å²) >= 11 is 0. The van der Waals surface area contributed by atoms with E-state index in [-0.39, 0.29) is 24.5 Å². The Balaban J connectivity index is 1.44. The molecule has 0 radical (unpaired) electrons. The van der Waals surface area contributed by atoms with Gasteiger partial charge < -0.3 is 28.9 Å². The van der Waals surface area contributed by atoms with Crippen LogP contribution in [0.5, 0.6) is 17.5 Å². The first-order valence-electron chi connectivity index (χ1n) is 15.0. The number of aromatic nitrogens is 2. The number of piperazine rings is 1. The number of amides is 1. The van der Waals surface area contributed by atoms with Crippen LogP contribution in [0.25, 0.3) is 0 Å². The largest absolute Gasteiger partial charge is 0.497 e. The van der Waals surface area contributed by atoms with Crippen LogP contribution in [0.15, 0.2) is 30.9 Å². The van der Waals surface area contributed by atoms with Crippen LogP contribution in [0.3, 0.4) is 0 Å². The van der Waals surface area contributed by atoms with Crippen LogP contribution in [0, 0.1) is 11.3 Å². The van der Waals surface area contributed by atoms with E-state index in [1.54, 1.807) is 12.0 Å². The molecule has 10 heteroatoms. The molecule has 2 unspecified atom stereocenters. The summed E-state index contributed by atoms with van der Waals surface area (Å²) in [6.45, 7) is 8.97. The zero-order valence-electron chi connectivity index (χ0n) is 25.1. The molecule has 0 aliphatic carbocycles. The van der Waals surface area contributed by atoms with Crippen LogP contribution < -0.4 is 19.1 Å². The number of likely N-dealkylation sites (tertiary alicyclic amines) is 1. The Kier molecular flexibility index (Phi) is 9.48. The maximum absolute atomic E-state index is 12.5. The number of hydrogen-bond donors (Lipinski definition) is 0. The summed E-state index contributed by atoms with van der Waals surface area (Å²) in [5.74, 6) is 2.32. The monoisotopic (exact) mass is 574 g/mol. The van der Waals surface area contributed by atoms with Crippen LogP contribution >= 0.6 is 0 Å². The third-order valence-electron chi connectivity index (χ3n) is 8.77. The van der Waals surface area contributed by atoms with Gasteiger partial charge >= 0.3 is 6.01 Å². The van der Waals surface area contributed by atoms with Crippen molar-refractivity contribution in [3.63, 3.8) is 0 Å². The fourth-order valence-corrected chi connectivity index (χ4v) is 6.34. The molecule has 0 spiro atoms. The third kappa shape index (κ3) is 6.46. The van der Waals surface area contributed by atoms with Gasteiger partial charge in [0.2, 0.25) is 5.91 Å². The van der Waals surface area contributed by atoms with Gasteiger partial charge in [-0.25, -0.2) is 0 Å². The lowest BCUT2D eigenvalue weighted by molar-refractivity contribution is -0.128. The minimum atomic E-state index is -0.248. The number of benzene rings is 1. The van der Waals surface area contributed by atoms with Gasteiger partial charge in [-0.3, -0.25) is 4.79 Å². The number of likely N-dealkylation sites (N-methyl/N-ethyl adjacent to an activating group) is 1. The van der Waals surface area contributed by atoms with E-state index < -0.39 is 0 Å². The lowest BCUT2D eigenvalue weighted by Crippen LogP contribution is -2.55. The van der Waals surface area contributed by atoms with Crippen LogP contribution in [0.1, 0.15) is 49.4 Å². The van der Waals surface area contributed by atoms with Crippen molar-refractivity contribution in [2.75, 3.05) is 51.8 Å². The number of ether oxygens (including phenoxy) is 3. The van der Waals surface area contributed by atoms with E-state index in [4.69, 9.17) is 24.2 Å². The lowest BCUT2D eigenvalue weighted by Gasteiger charge is -2.41. The molecule has 1 aromatic carbocycles. The van der Waals surface area contributed by atoms with Gasteiger partial charge in [-0.15, -0.1) is 0 Å². The number of fused-ring (bicyclic) bond motifs is 1. The van der Waals surface area contributed by atoms with Crippen molar-refractivity contribution in [1.29, 1.82) is 5.26 Å². The molecule has 2 fully saturated rings. The second-order valence-corrected chi connectivity index (χ2v) is 11.4. The minimum absolute atomic E-state index is 0.0418. The van der Waals surface area contributed by atoms with Crippen molar-refractivity contribution in [3.8, 4) is 23.6 Å². The molecular formula is C32H42N6O4. The van der Waals surface area contributed by atoms with Gasteiger partial charge in [0.05, 0.1) is 31.3 Å². The van der Waals surface area contributed by atoms with Crippen molar-refractivity contribution in [2.45, 2.75) is 70.1 Å². The molecule has 3 atom stereocenters. The van der Waals surface area contributed by atoms with E-state index in [1.807, 2.05) is 12.1 Å². The number of nitriles is 1. The van der Waals surface area contributed by atoms with Gasteiger partial charge in [-0.1, -0.05) is 19.6 Å². The molecule has 3 aliphatic rings. The number of aryl methyl sites for hydroxylation is 1. The second kappa shape index (κ2) is 13.4. The fraction of sp³-hybridized carbons (Fsp3) is 0.562. The molecule has 42 heavy (non-hydrogen) atoms. The lowest BCUT2D eigenvalue weighted by atomic mass is 9.97. The molecule has 0 N–H and O–H groups in total. The Morgan fingerprint density at radius 3 is 2.81 bits per heavy atom. The Morgan fingerprint density at radius 1 is 1.24 bits per heavy atom. The summed E-state index contributed by atoms with van der Waals surface area (Å²) in [5.41, 5.74) is 3.17. The molecule has 5 rings (SSSR count). The number of rotatable bonds is 10. The first kappa shape index (κ1) is 29.6. The average Bonchev–Trinajstić information content (AvgIpc) is 3.43. The van der Waals surface area contributed by atoms with E-state index in [0.29, 0.717) is 44.7 Å². The molecule has 2 saturated heterocycles. The normalized spacial score (nSPS) is 22.2. The molecule has 2 aromatic rings. The fourth-order valence-electron chi connectivity index (χ4n) is 6.34. The number of carbonyl (C=O) groups excluding carboxylic acids is 1. The molecular weight excluding hydrogens is 532 g/mol. The SMILES string of the molecule is C=CC(=O)N1CCN(c2nc(OCC3CCCN3C)nc(C[C@H]3CCc4ccc(OC)cc4O3)c2CC)CC1CC#N. The summed E-state index contributed by atoms with van der Waals surface area (Å²) in [7, 11) is 3.79. The van der Waals surface area contributed by atoms with Crippen molar-refractivity contribution in [2.24, 2.45) is 0 Å². The molecule has 3 aliphatic heterocycles. The van der Waals surface area contributed by atoms with E-state index in [0.717, 1.165) is 67.2 Å². The summed E-state index contributed by atoms with van der Waals surface area (Å²) in [5, 5.41) is 9.51. The highest BCUT2D eigenvalue weighted by atomic mass is 16.5. The Morgan fingerprint density at radius 2 is 2.10 bits per heavy atom. The van der Waals surface area contributed by atoms with Crippen LogP contribution in [-0.4, -0.2) is 90.8 Å². The van der Waals surface area contributed by atoms with Gasteiger partial charge in [0.15, 0.2) is 0 Å². The number of anilines is 1. The quantitative estimate of drug-likeness (QED) is 0.394. The van der Waals surface area contributed by atoms with Gasteiger partial charge in [-0.05, 0) is 63.4 Å². The van der Waals surface area contributed by atoms with Crippen molar-refractivity contribution in [1.82, 2.24) is 19.8 Å². The summed E-state index contributed by atoms with van der Waals surface area (Å²) < 4.78 is 18.2. The minimum Gasteiger partial charge on any atom is -0.497 e. The van der Waals surface area contributed by atoms with E-state index >= 15 is 0 Å². The van der Waals surface area contributed by atoms with Crippen molar-refractivity contribution in [3.05, 3.63) is 47.7 Å². The van der Waals surface area contributed by atoms with Gasteiger partial charge in [-0.2, -0.15) is 15.2 Å².